The van der Waals surface area contributed by atoms with Gasteiger partial charge >= 0.3 is 0 Å². The molecule has 2 rings (SSSR count). The highest BCUT2D eigenvalue weighted by Gasteiger charge is 2.20. The quantitative estimate of drug-likeness (QED) is 0.510. The molecule has 1 amide bonds. The lowest BCUT2D eigenvalue weighted by Crippen LogP contribution is -2.36. The zero-order valence-corrected chi connectivity index (χ0v) is 11.2. The number of carbonyl (C=O) groups excluding carboxylic acids is 1. The van der Waals surface area contributed by atoms with Gasteiger partial charge in [0.25, 0.3) is 0 Å². The van der Waals surface area contributed by atoms with Crippen LogP contribution in [0.25, 0.3) is 0 Å². The number of hydrogen-bond acceptors (Lipinski definition) is 3. The van der Waals surface area contributed by atoms with E-state index in [-0.39, 0.29) is 11.8 Å². The van der Waals surface area contributed by atoms with Crippen molar-refractivity contribution in [3.63, 3.8) is 0 Å². The number of rotatable bonds is 4. The van der Waals surface area contributed by atoms with Crippen molar-refractivity contribution < 1.29 is 4.79 Å². The molecule has 0 saturated heterocycles. The average Bonchev–Trinajstić information content (AvgIpc) is 2.82. The number of carbonyl (C=O) groups is 1. The maximum absolute atomic E-state index is 11.8. The van der Waals surface area contributed by atoms with Crippen molar-refractivity contribution in [2.24, 2.45) is 5.84 Å². The fourth-order valence-electron chi connectivity index (χ4n) is 1.75. The zero-order valence-electron chi connectivity index (χ0n) is 9.58. The van der Waals surface area contributed by atoms with E-state index in [1.807, 2.05) is 36.5 Å². The Morgan fingerprint density at radius 1 is 1.44 bits per heavy atom. The van der Waals surface area contributed by atoms with Crippen LogP contribution in [0.1, 0.15) is 11.5 Å². The Labute approximate surface area is 113 Å². The summed E-state index contributed by atoms with van der Waals surface area (Å²) in [4.78, 5) is 11.8. The minimum Gasteiger partial charge on any atom is -0.294 e. The van der Waals surface area contributed by atoms with Crippen LogP contribution in [0.15, 0.2) is 47.2 Å². The Balaban J connectivity index is 2.24. The standard InChI is InChI=1S/C12H13BrN4O/c13-10-6-15-17(7-10)8-11(12(18)16-14)9-4-2-1-3-5-9/h1-7,11H,8,14H2,(H,16,18). The Morgan fingerprint density at radius 2 is 2.17 bits per heavy atom. The molecule has 0 aliphatic carbocycles. The number of nitrogens with two attached hydrogens (primary N) is 1. The summed E-state index contributed by atoms with van der Waals surface area (Å²) in [5.41, 5.74) is 3.11. The van der Waals surface area contributed by atoms with Gasteiger partial charge in [0.15, 0.2) is 0 Å². The van der Waals surface area contributed by atoms with E-state index in [4.69, 9.17) is 5.84 Å². The minimum atomic E-state index is -0.358. The van der Waals surface area contributed by atoms with E-state index in [0.717, 1.165) is 10.0 Å². The first-order chi connectivity index (χ1) is 8.70. The fourth-order valence-corrected chi connectivity index (χ4v) is 2.08. The van der Waals surface area contributed by atoms with Gasteiger partial charge in [-0.15, -0.1) is 0 Å². The van der Waals surface area contributed by atoms with Crippen LogP contribution >= 0.6 is 15.9 Å². The lowest BCUT2D eigenvalue weighted by Gasteiger charge is -2.15. The van der Waals surface area contributed by atoms with Crippen molar-refractivity contribution in [2.75, 3.05) is 0 Å². The Morgan fingerprint density at radius 3 is 2.72 bits per heavy atom. The molecule has 1 unspecified atom stereocenters. The molecule has 1 aromatic carbocycles. The van der Waals surface area contributed by atoms with E-state index in [0.29, 0.717) is 6.54 Å². The second-order valence-electron chi connectivity index (χ2n) is 3.85. The normalized spacial score (nSPS) is 12.1. The van der Waals surface area contributed by atoms with Crippen LogP contribution < -0.4 is 11.3 Å². The molecule has 1 aromatic heterocycles. The molecule has 0 saturated carbocycles. The van der Waals surface area contributed by atoms with Crippen LogP contribution in [0, 0.1) is 0 Å². The number of hydrogen-bond donors (Lipinski definition) is 2. The van der Waals surface area contributed by atoms with Gasteiger partial charge in [-0.3, -0.25) is 14.9 Å². The number of nitrogens with zero attached hydrogens (tertiary/aromatic N) is 2. The maximum Gasteiger partial charge on any atom is 0.243 e. The lowest BCUT2D eigenvalue weighted by atomic mass is 9.98. The number of aromatic nitrogens is 2. The Hall–Kier alpha value is -1.66. The highest BCUT2D eigenvalue weighted by atomic mass is 79.9. The molecule has 6 heteroatoms. The third kappa shape index (κ3) is 2.96. The molecule has 18 heavy (non-hydrogen) atoms. The first kappa shape index (κ1) is 12.8. The molecule has 3 N–H and O–H groups in total. The summed E-state index contributed by atoms with van der Waals surface area (Å²) >= 11 is 3.32. The predicted octanol–water partition coefficient (Wildman–Crippen LogP) is 1.42. The molecule has 0 aliphatic heterocycles. The molecule has 0 radical (unpaired) electrons. The van der Waals surface area contributed by atoms with Crippen LogP contribution in [-0.4, -0.2) is 15.7 Å². The van der Waals surface area contributed by atoms with Crippen LogP contribution in [0.5, 0.6) is 0 Å². The van der Waals surface area contributed by atoms with Gasteiger partial charge in [-0.1, -0.05) is 30.3 Å². The topological polar surface area (TPSA) is 72.9 Å². The molecular formula is C12H13BrN4O. The number of nitrogens with one attached hydrogen (secondary N) is 1. The van der Waals surface area contributed by atoms with E-state index < -0.39 is 0 Å². The molecule has 1 heterocycles. The molecular weight excluding hydrogens is 296 g/mol. The summed E-state index contributed by atoms with van der Waals surface area (Å²) in [6.45, 7) is 0.443. The van der Waals surface area contributed by atoms with Crippen molar-refractivity contribution in [3.8, 4) is 0 Å². The van der Waals surface area contributed by atoms with Gasteiger partial charge < -0.3 is 0 Å². The van der Waals surface area contributed by atoms with E-state index in [9.17, 15) is 4.79 Å². The highest BCUT2D eigenvalue weighted by Crippen LogP contribution is 2.18. The van der Waals surface area contributed by atoms with Crippen molar-refractivity contribution in [1.82, 2.24) is 15.2 Å². The molecule has 2 aromatic rings. The highest BCUT2D eigenvalue weighted by molar-refractivity contribution is 9.10. The molecule has 5 nitrogen and oxygen atoms in total. The zero-order chi connectivity index (χ0) is 13.0. The van der Waals surface area contributed by atoms with Crippen LogP contribution in [0.2, 0.25) is 0 Å². The van der Waals surface area contributed by atoms with Gasteiger partial charge in [0.2, 0.25) is 5.91 Å². The number of amides is 1. The second kappa shape index (κ2) is 5.79. The van der Waals surface area contributed by atoms with Crippen molar-refractivity contribution in [2.45, 2.75) is 12.5 Å². The van der Waals surface area contributed by atoms with Crippen molar-refractivity contribution in [3.05, 3.63) is 52.8 Å². The number of halogens is 1. The first-order valence-electron chi connectivity index (χ1n) is 5.44. The fraction of sp³-hybridized carbons (Fsp3) is 0.167. The second-order valence-corrected chi connectivity index (χ2v) is 4.77. The number of hydrazine groups is 1. The van der Waals surface area contributed by atoms with E-state index >= 15 is 0 Å². The summed E-state index contributed by atoms with van der Waals surface area (Å²) in [7, 11) is 0. The van der Waals surface area contributed by atoms with E-state index in [1.54, 1.807) is 10.9 Å². The van der Waals surface area contributed by atoms with Crippen molar-refractivity contribution >= 4 is 21.8 Å². The van der Waals surface area contributed by atoms with E-state index in [2.05, 4.69) is 26.5 Å². The molecule has 1 atom stereocenters. The third-order valence-corrected chi connectivity index (χ3v) is 3.04. The monoisotopic (exact) mass is 308 g/mol. The average molecular weight is 309 g/mol. The predicted molar refractivity (Wildman–Crippen MR) is 71.4 cm³/mol. The van der Waals surface area contributed by atoms with Crippen LogP contribution in [0.3, 0.4) is 0 Å². The van der Waals surface area contributed by atoms with Gasteiger partial charge in [-0.25, -0.2) is 5.84 Å². The summed E-state index contributed by atoms with van der Waals surface area (Å²) in [5.74, 6) is 4.64. The Bertz CT molecular complexity index is 526. The van der Waals surface area contributed by atoms with Crippen LogP contribution in [-0.2, 0) is 11.3 Å². The summed E-state index contributed by atoms with van der Waals surface area (Å²) in [6.07, 6.45) is 3.50. The molecule has 0 aliphatic rings. The van der Waals surface area contributed by atoms with E-state index in [1.165, 1.54) is 0 Å². The molecule has 0 bridgehead atoms. The summed E-state index contributed by atoms with van der Waals surface area (Å²) < 4.78 is 2.58. The first-order valence-corrected chi connectivity index (χ1v) is 6.23. The Kier molecular flexibility index (Phi) is 4.11. The lowest BCUT2D eigenvalue weighted by molar-refractivity contribution is -0.123. The molecule has 94 valence electrons. The largest absolute Gasteiger partial charge is 0.294 e. The van der Waals surface area contributed by atoms with Crippen molar-refractivity contribution in [1.29, 1.82) is 0 Å². The smallest absolute Gasteiger partial charge is 0.243 e. The maximum atomic E-state index is 11.8. The molecule has 0 fully saturated rings. The van der Waals surface area contributed by atoms with Gasteiger partial charge in [0.05, 0.1) is 23.1 Å². The third-order valence-electron chi connectivity index (χ3n) is 2.63. The minimum absolute atomic E-state index is 0.229. The SMILES string of the molecule is NNC(=O)C(Cn1cc(Br)cn1)c1ccccc1. The summed E-state index contributed by atoms with van der Waals surface area (Å²) in [6, 6.07) is 9.50. The molecule has 0 spiro atoms. The van der Waals surface area contributed by atoms with Gasteiger partial charge in [-0.05, 0) is 21.5 Å². The number of benzene rings is 1. The van der Waals surface area contributed by atoms with Crippen LogP contribution in [0.4, 0.5) is 0 Å². The van der Waals surface area contributed by atoms with Gasteiger partial charge in [0, 0.05) is 6.20 Å². The van der Waals surface area contributed by atoms with Gasteiger partial charge in [-0.2, -0.15) is 5.10 Å². The van der Waals surface area contributed by atoms with Gasteiger partial charge in [0.1, 0.15) is 0 Å². The summed E-state index contributed by atoms with van der Waals surface area (Å²) in [5, 5.41) is 4.15.